The van der Waals surface area contributed by atoms with E-state index < -0.39 is 0 Å². The summed E-state index contributed by atoms with van der Waals surface area (Å²) in [5.74, 6) is 0.191. The van der Waals surface area contributed by atoms with Crippen LogP contribution in [0.3, 0.4) is 0 Å². The van der Waals surface area contributed by atoms with Crippen molar-refractivity contribution in [3.05, 3.63) is 65.5 Å². The number of nitrogens with one attached hydrogen (secondary N) is 1. The molecule has 0 aromatic heterocycles. The number of ether oxygens (including phenoxy) is 1. The third kappa shape index (κ3) is 4.26. The number of para-hydroxylation sites is 1. The Labute approximate surface area is 169 Å². The molecular formula is C23H25FN2O3. The van der Waals surface area contributed by atoms with Crippen molar-refractivity contribution in [3.63, 3.8) is 0 Å². The second-order valence-electron chi connectivity index (χ2n) is 7.86. The molecule has 0 bridgehead atoms. The average molecular weight is 396 g/mol. The van der Waals surface area contributed by atoms with E-state index in [1.807, 2.05) is 24.3 Å². The van der Waals surface area contributed by atoms with Crippen LogP contribution in [0.25, 0.3) is 0 Å². The Morgan fingerprint density at radius 3 is 2.52 bits per heavy atom. The molecule has 29 heavy (non-hydrogen) atoms. The molecule has 0 spiro atoms. The van der Waals surface area contributed by atoms with Gasteiger partial charge in [0.15, 0.2) is 0 Å². The molecule has 1 aliphatic carbocycles. The largest absolute Gasteiger partial charge is 0.496 e. The molecule has 2 aromatic rings. The quantitative estimate of drug-likeness (QED) is 0.816. The molecule has 1 heterocycles. The molecular weight excluding hydrogens is 371 g/mol. The van der Waals surface area contributed by atoms with Gasteiger partial charge in [0.05, 0.1) is 13.0 Å². The first-order chi connectivity index (χ1) is 14.1. The number of hydrogen-bond acceptors (Lipinski definition) is 3. The predicted octanol–water partition coefficient (Wildman–Crippen LogP) is 3.22. The Balaban J connectivity index is 1.58. The monoisotopic (exact) mass is 396 g/mol. The number of halogens is 1. The van der Waals surface area contributed by atoms with Crippen LogP contribution in [0.1, 0.15) is 34.7 Å². The number of carbonyl (C=O) groups excluding carboxylic acids is 2. The van der Waals surface area contributed by atoms with Crippen LogP contribution in [-0.4, -0.2) is 43.5 Å². The van der Waals surface area contributed by atoms with Gasteiger partial charge in [0.2, 0.25) is 5.91 Å². The summed E-state index contributed by atoms with van der Waals surface area (Å²) in [5.41, 5.74) is 1.35. The van der Waals surface area contributed by atoms with E-state index in [-0.39, 0.29) is 29.5 Å². The minimum atomic E-state index is -0.382. The number of likely N-dealkylation sites (tertiary alicyclic amines) is 1. The van der Waals surface area contributed by atoms with Crippen LogP contribution >= 0.6 is 0 Å². The molecule has 1 aliphatic heterocycles. The molecule has 1 saturated carbocycles. The number of benzene rings is 2. The van der Waals surface area contributed by atoms with Crippen molar-refractivity contribution in [2.45, 2.75) is 18.8 Å². The number of methoxy groups -OCH3 is 1. The van der Waals surface area contributed by atoms with Crippen LogP contribution in [0.5, 0.6) is 5.75 Å². The number of nitrogens with zero attached hydrogens (tertiary/aromatic N) is 1. The summed E-state index contributed by atoms with van der Waals surface area (Å²) in [6, 6.07) is 13.2. The van der Waals surface area contributed by atoms with Crippen molar-refractivity contribution in [2.24, 2.45) is 11.8 Å². The number of carbonyl (C=O) groups is 2. The maximum absolute atomic E-state index is 13.2. The molecule has 2 atom stereocenters. The highest BCUT2D eigenvalue weighted by Crippen LogP contribution is 2.38. The summed E-state index contributed by atoms with van der Waals surface area (Å²) in [4.78, 5) is 27.6. The van der Waals surface area contributed by atoms with Gasteiger partial charge in [0.1, 0.15) is 11.6 Å². The minimum absolute atomic E-state index is 0.0257. The Morgan fingerprint density at radius 1 is 1.10 bits per heavy atom. The van der Waals surface area contributed by atoms with E-state index in [9.17, 15) is 14.0 Å². The van der Waals surface area contributed by atoms with Crippen LogP contribution in [0, 0.1) is 17.7 Å². The molecule has 2 aromatic carbocycles. The van der Waals surface area contributed by atoms with Gasteiger partial charge in [0.25, 0.3) is 5.91 Å². The third-order valence-electron chi connectivity index (χ3n) is 5.84. The highest BCUT2D eigenvalue weighted by Gasteiger charge is 2.42. The van der Waals surface area contributed by atoms with E-state index in [1.54, 1.807) is 12.0 Å². The van der Waals surface area contributed by atoms with Crippen molar-refractivity contribution in [2.75, 3.05) is 26.7 Å². The van der Waals surface area contributed by atoms with Gasteiger partial charge < -0.3 is 15.0 Å². The normalized spacial score (nSPS) is 21.1. The van der Waals surface area contributed by atoms with Gasteiger partial charge in [-0.3, -0.25) is 9.59 Å². The molecule has 4 rings (SSSR count). The summed E-state index contributed by atoms with van der Waals surface area (Å²) >= 11 is 0. The Hall–Kier alpha value is -2.89. The Kier molecular flexibility index (Phi) is 5.51. The second-order valence-corrected chi connectivity index (χ2v) is 7.86. The molecule has 2 aliphatic rings. The zero-order chi connectivity index (χ0) is 20.4. The Morgan fingerprint density at radius 2 is 1.83 bits per heavy atom. The van der Waals surface area contributed by atoms with Gasteiger partial charge in [-0.05, 0) is 54.7 Å². The van der Waals surface area contributed by atoms with Crippen molar-refractivity contribution in [1.29, 1.82) is 0 Å². The summed E-state index contributed by atoms with van der Waals surface area (Å²) in [6.45, 7) is 1.44. The number of amides is 2. The number of rotatable bonds is 6. The summed E-state index contributed by atoms with van der Waals surface area (Å²) < 4.78 is 18.7. The average Bonchev–Trinajstić information content (AvgIpc) is 3.48. The van der Waals surface area contributed by atoms with E-state index >= 15 is 0 Å². The third-order valence-corrected chi connectivity index (χ3v) is 5.84. The van der Waals surface area contributed by atoms with Gasteiger partial charge in [0, 0.05) is 31.1 Å². The molecule has 0 radical (unpaired) electrons. The molecule has 1 saturated heterocycles. The number of hydrogen-bond donors (Lipinski definition) is 1. The smallest absolute Gasteiger partial charge is 0.253 e. The van der Waals surface area contributed by atoms with Crippen LogP contribution in [0.4, 0.5) is 4.39 Å². The van der Waals surface area contributed by atoms with Crippen molar-refractivity contribution in [3.8, 4) is 5.75 Å². The molecule has 1 N–H and O–H groups in total. The summed E-state index contributed by atoms with van der Waals surface area (Å²) in [6.07, 6.45) is 2.33. The summed E-state index contributed by atoms with van der Waals surface area (Å²) in [7, 11) is 1.61. The highest BCUT2D eigenvalue weighted by molar-refractivity contribution is 5.95. The van der Waals surface area contributed by atoms with Gasteiger partial charge in [-0.2, -0.15) is 0 Å². The maximum atomic E-state index is 13.2. The zero-order valence-corrected chi connectivity index (χ0v) is 16.4. The van der Waals surface area contributed by atoms with E-state index in [0.717, 1.165) is 18.4 Å². The van der Waals surface area contributed by atoms with E-state index in [1.165, 1.54) is 24.3 Å². The van der Waals surface area contributed by atoms with Crippen LogP contribution in [0.15, 0.2) is 48.5 Å². The van der Waals surface area contributed by atoms with Crippen LogP contribution in [0.2, 0.25) is 0 Å². The fourth-order valence-electron chi connectivity index (χ4n) is 4.00. The summed E-state index contributed by atoms with van der Waals surface area (Å²) in [5, 5.41) is 3.06. The molecule has 152 valence electrons. The maximum Gasteiger partial charge on any atom is 0.253 e. The highest BCUT2D eigenvalue weighted by atomic mass is 19.1. The predicted molar refractivity (Wildman–Crippen MR) is 107 cm³/mol. The lowest BCUT2D eigenvalue weighted by Crippen LogP contribution is -2.36. The molecule has 0 unspecified atom stereocenters. The first-order valence-electron chi connectivity index (χ1n) is 10.0. The zero-order valence-electron chi connectivity index (χ0n) is 16.4. The lowest BCUT2D eigenvalue weighted by atomic mass is 9.87. The SMILES string of the molecule is COc1ccccc1[C@@H]1CN(C(=O)c2ccc(F)cc2)C[C@@H]1C(=O)NCC1CC1. The van der Waals surface area contributed by atoms with Crippen molar-refractivity contribution < 1.29 is 18.7 Å². The topological polar surface area (TPSA) is 58.6 Å². The fourth-order valence-corrected chi connectivity index (χ4v) is 4.00. The Bertz CT molecular complexity index is 895. The van der Waals surface area contributed by atoms with Crippen molar-refractivity contribution in [1.82, 2.24) is 10.2 Å². The molecule has 2 fully saturated rings. The van der Waals surface area contributed by atoms with Gasteiger partial charge in [-0.15, -0.1) is 0 Å². The van der Waals surface area contributed by atoms with Crippen LogP contribution < -0.4 is 10.1 Å². The molecule has 6 heteroatoms. The van der Waals surface area contributed by atoms with Gasteiger partial charge >= 0.3 is 0 Å². The fraction of sp³-hybridized carbons (Fsp3) is 0.391. The van der Waals surface area contributed by atoms with Crippen molar-refractivity contribution >= 4 is 11.8 Å². The second kappa shape index (κ2) is 8.23. The lowest BCUT2D eigenvalue weighted by molar-refractivity contribution is -0.125. The van der Waals surface area contributed by atoms with Gasteiger partial charge in [-0.1, -0.05) is 18.2 Å². The van der Waals surface area contributed by atoms with E-state index in [4.69, 9.17) is 4.74 Å². The standard InChI is InChI=1S/C23H25FN2O3/c1-29-21-5-3-2-4-18(21)19-13-26(23(28)16-8-10-17(24)11-9-16)14-20(19)22(27)25-12-15-6-7-15/h2-5,8-11,15,19-20H,6-7,12-14H2,1H3,(H,25,27)/t19-,20-/m0/s1. The lowest BCUT2D eigenvalue weighted by Gasteiger charge is -2.20. The minimum Gasteiger partial charge on any atom is -0.496 e. The first kappa shape index (κ1) is 19.4. The van der Waals surface area contributed by atoms with Crippen LogP contribution in [-0.2, 0) is 4.79 Å². The molecule has 5 nitrogen and oxygen atoms in total. The van der Waals surface area contributed by atoms with E-state index in [2.05, 4.69) is 5.32 Å². The first-order valence-corrected chi connectivity index (χ1v) is 10.0. The molecule has 2 amide bonds. The van der Waals surface area contributed by atoms with E-state index in [0.29, 0.717) is 36.9 Å². The van der Waals surface area contributed by atoms with Gasteiger partial charge in [-0.25, -0.2) is 4.39 Å².